The Morgan fingerprint density at radius 2 is 1.62 bits per heavy atom. The molecular weight excluding hydrogens is 166 g/mol. The first-order chi connectivity index (χ1) is 5.60. The molecule has 0 aliphatic carbocycles. The number of epoxide rings is 1. The van der Waals surface area contributed by atoms with Crippen molar-refractivity contribution < 1.29 is 14.3 Å². The summed E-state index contributed by atoms with van der Waals surface area (Å²) in [6.07, 6.45) is 2.75. The van der Waals surface area contributed by atoms with Gasteiger partial charge in [0.2, 0.25) is 0 Å². The van der Waals surface area contributed by atoms with E-state index in [9.17, 15) is 5.11 Å². The predicted molar refractivity (Wildman–Crippen MR) is 50.3 cm³/mol. The van der Waals surface area contributed by atoms with Gasteiger partial charge in [0.25, 0.3) is 0 Å². The molecule has 76 valence electrons. The smallest absolute Gasteiger partial charge is 0.142 e. The number of fused-ring (bicyclic) bond motifs is 5. The largest absolute Gasteiger partial charge is 0.393 e. The Labute approximate surface area is 79.9 Å². The molecular formula is C10H20NO2+. The third-order valence-corrected chi connectivity index (χ3v) is 4.06. The molecule has 3 aliphatic rings. The Morgan fingerprint density at radius 3 is 2.08 bits per heavy atom. The maximum absolute atomic E-state index is 9.60. The van der Waals surface area contributed by atoms with E-state index in [2.05, 4.69) is 14.1 Å². The van der Waals surface area contributed by atoms with Gasteiger partial charge in [-0.1, -0.05) is 7.43 Å². The van der Waals surface area contributed by atoms with Gasteiger partial charge in [-0.25, -0.2) is 0 Å². The number of quaternary nitrogens is 1. The highest BCUT2D eigenvalue weighted by Crippen LogP contribution is 2.50. The van der Waals surface area contributed by atoms with Crippen LogP contribution in [0.5, 0.6) is 0 Å². The predicted octanol–water partition coefficient (Wildman–Crippen LogP) is 0.372. The molecule has 13 heavy (non-hydrogen) atoms. The average molecular weight is 186 g/mol. The Bertz CT molecular complexity index is 209. The number of aliphatic hydroxyl groups is 1. The lowest BCUT2D eigenvalue weighted by molar-refractivity contribution is -0.938. The van der Waals surface area contributed by atoms with E-state index in [-0.39, 0.29) is 13.5 Å². The van der Waals surface area contributed by atoms with Crippen molar-refractivity contribution >= 4 is 0 Å². The number of ether oxygens (including phenoxy) is 1. The molecule has 2 bridgehead atoms. The summed E-state index contributed by atoms with van der Waals surface area (Å²) in [6, 6.07) is 1.12. The van der Waals surface area contributed by atoms with Crippen LogP contribution in [0.3, 0.4) is 0 Å². The second kappa shape index (κ2) is 2.47. The normalized spacial score (nSPS) is 55.2. The molecule has 0 aromatic carbocycles. The third-order valence-electron chi connectivity index (χ3n) is 4.06. The minimum Gasteiger partial charge on any atom is -0.393 e. The molecule has 3 saturated heterocycles. The topological polar surface area (TPSA) is 32.8 Å². The number of hydrogen-bond acceptors (Lipinski definition) is 2. The van der Waals surface area contributed by atoms with Crippen molar-refractivity contribution in [3.8, 4) is 0 Å². The zero-order valence-electron chi connectivity index (χ0n) is 7.60. The molecule has 0 amide bonds. The quantitative estimate of drug-likeness (QED) is 0.438. The lowest BCUT2D eigenvalue weighted by Crippen LogP contribution is -2.59. The molecule has 4 unspecified atom stereocenters. The SMILES string of the molecule is C.C[N+]1(C)C2CC(O)CC1[C@H]1OC21. The summed E-state index contributed by atoms with van der Waals surface area (Å²) in [5, 5.41) is 9.60. The summed E-state index contributed by atoms with van der Waals surface area (Å²) in [5.41, 5.74) is 0. The van der Waals surface area contributed by atoms with Crippen LogP contribution in [-0.2, 0) is 4.74 Å². The van der Waals surface area contributed by atoms with Gasteiger partial charge in [-0.2, -0.15) is 0 Å². The number of morpholine rings is 1. The molecule has 0 saturated carbocycles. The van der Waals surface area contributed by atoms with E-state index in [0.717, 1.165) is 17.3 Å². The molecule has 5 atom stereocenters. The number of hydrogen-bond donors (Lipinski definition) is 1. The highest BCUT2D eigenvalue weighted by atomic mass is 16.6. The fourth-order valence-electron chi connectivity index (χ4n) is 3.22. The molecule has 3 fully saturated rings. The first-order valence-corrected chi connectivity index (χ1v) is 4.77. The fourth-order valence-corrected chi connectivity index (χ4v) is 3.22. The Morgan fingerprint density at radius 1 is 1.15 bits per heavy atom. The van der Waals surface area contributed by atoms with Crippen LogP contribution < -0.4 is 0 Å². The summed E-state index contributed by atoms with van der Waals surface area (Å²) < 4.78 is 6.65. The van der Waals surface area contributed by atoms with Gasteiger partial charge in [0.15, 0.2) is 0 Å². The number of rotatable bonds is 0. The van der Waals surface area contributed by atoms with Gasteiger partial charge in [0.05, 0.1) is 20.2 Å². The molecule has 0 aromatic rings. The molecule has 3 aliphatic heterocycles. The zero-order chi connectivity index (χ0) is 8.51. The van der Waals surface area contributed by atoms with Crippen LogP contribution in [0.15, 0.2) is 0 Å². The second-order valence-corrected chi connectivity index (χ2v) is 4.95. The van der Waals surface area contributed by atoms with Gasteiger partial charge in [0.1, 0.15) is 24.3 Å². The Kier molecular flexibility index (Phi) is 1.79. The molecule has 3 nitrogen and oxygen atoms in total. The van der Waals surface area contributed by atoms with Crippen molar-refractivity contribution in [1.82, 2.24) is 0 Å². The van der Waals surface area contributed by atoms with Crippen LogP contribution in [0.2, 0.25) is 0 Å². The molecule has 0 aromatic heterocycles. The monoisotopic (exact) mass is 186 g/mol. The van der Waals surface area contributed by atoms with Crippen LogP contribution in [0.4, 0.5) is 0 Å². The summed E-state index contributed by atoms with van der Waals surface area (Å²) in [6.45, 7) is 0. The maximum Gasteiger partial charge on any atom is 0.142 e. The van der Waals surface area contributed by atoms with E-state index in [1.807, 2.05) is 0 Å². The molecule has 3 heteroatoms. The summed E-state index contributed by atoms with van der Waals surface area (Å²) in [5.74, 6) is 0. The van der Waals surface area contributed by atoms with Gasteiger partial charge in [-0.3, -0.25) is 0 Å². The van der Waals surface area contributed by atoms with E-state index < -0.39 is 0 Å². The van der Waals surface area contributed by atoms with Crippen molar-refractivity contribution in [1.29, 1.82) is 0 Å². The van der Waals surface area contributed by atoms with Crippen LogP contribution in [0, 0.1) is 0 Å². The summed E-state index contributed by atoms with van der Waals surface area (Å²) in [4.78, 5) is 0. The fraction of sp³-hybridized carbons (Fsp3) is 1.00. The standard InChI is InChI=1S/C9H16NO2.CH4/c1-10(2)6-3-5(11)4-7(10)9-8(6)12-9;/h5-9,11H,3-4H2,1-2H3;1H4/q+1;/t5?,6?,7?,8-,9?;/m1./s1. The van der Waals surface area contributed by atoms with E-state index in [1.54, 1.807) is 0 Å². The third kappa shape index (κ3) is 1.01. The van der Waals surface area contributed by atoms with Crippen molar-refractivity contribution in [3.63, 3.8) is 0 Å². The van der Waals surface area contributed by atoms with Gasteiger partial charge < -0.3 is 14.3 Å². The minimum absolute atomic E-state index is 0. The number of likely N-dealkylation sites (N-methyl/N-ethyl adjacent to an activating group) is 1. The molecule has 1 N–H and O–H groups in total. The number of piperidine rings is 1. The van der Waals surface area contributed by atoms with E-state index in [0.29, 0.717) is 24.3 Å². The average Bonchev–Trinajstić information content (AvgIpc) is 2.66. The van der Waals surface area contributed by atoms with Crippen molar-refractivity contribution in [2.75, 3.05) is 14.1 Å². The van der Waals surface area contributed by atoms with Crippen LogP contribution in [0.1, 0.15) is 20.3 Å². The highest BCUT2D eigenvalue weighted by molar-refractivity contribution is 5.07. The number of aliphatic hydroxyl groups excluding tert-OH is 1. The van der Waals surface area contributed by atoms with E-state index in [1.165, 1.54) is 0 Å². The maximum atomic E-state index is 9.60. The molecule has 3 rings (SSSR count). The van der Waals surface area contributed by atoms with Gasteiger partial charge in [0, 0.05) is 12.8 Å². The van der Waals surface area contributed by atoms with Crippen LogP contribution >= 0.6 is 0 Å². The first-order valence-electron chi connectivity index (χ1n) is 4.77. The summed E-state index contributed by atoms with van der Waals surface area (Å²) >= 11 is 0. The Balaban J connectivity index is 0.000000653. The van der Waals surface area contributed by atoms with Gasteiger partial charge in [-0.05, 0) is 0 Å². The van der Waals surface area contributed by atoms with Crippen molar-refractivity contribution in [3.05, 3.63) is 0 Å². The van der Waals surface area contributed by atoms with Gasteiger partial charge >= 0.3 is 0 Å². The number of nitrogens with zero attached hydrogens (tertiary/aromatic N) is 1. The van der Waals surface area contributed by atoms with Crippen LogP contribution in [0.25, 0.3) is 0 Å². The summed E-state index contributed by atoms with van der Waals surface area (Å²) in [7, 11) is 4.55. The second-order valence-electron chi connectivity index (χ2n) is 4.95. The van der Waals surface area contributed by atoms with Crippen molar-refractivity contribution in [2.24, 2.45) is 0 Å². The Hall–Kier alpha value is -0.120. The zero-order valence-corrected chi connectivity index (χ0v) is 7.60. The lowest BCUT2D eigenvalue weighted by atomic mass is 9.97. The van der Waals surface area contributed by atoms with Crippen LogP contribution in [-0.4, -0.2) is 54.1 Å². The molecule has 0 spiro atoms. The highest BCUT2D eigenvalue weighted by Gasteiger charge is 2.70. The molecule has 0 radical (unpaired) electrons. The minimum atomic E-state index is -0.0671. The first kappa shape index (κ1) is 9.44. The van der Waals surface area contributed by atoms with E-state index >= 15 is 0 Å². The van der Waals surface area contributed by atoms with Gasteiger partial charge in [-0.15, -0.1) is 0 Å². The molecule has 3 heterocycles. The van der Waals surface area contributed by atoms with E-state index in [4.69, 9.17) is 4.74 Å². The lowest BCUT2D eigenvalue weighted by Gasteiger charge is -2.44. The van der Waals surface area contributed by atoms with Crippen molar-refractivity contribution in [2.45, 2.75) is 50.7 Å².